The highest BCUT2D eigenvalue weighted by atomic mass is 32.1. The van der Waals surface area contributed by atoms with E-state index in [1.807, 2.05) is 6.92 Å². The maximum Gasteiger partial charge on any atom is 0.109 e. The minimum Gasteiger partial charge on any atom is -0.366 e. The van der Waals surface area contributed by atoms with Gasteiger partial charge in [-0.05, 0) is 19.3 Å². The Morgan fingerprint density at radius 1 is 1.44 bits per heavy atom. The molecule has 0 saturated heterocycles. The summed E-state index contributed by atoms with van der Waals surface area (Å²) < 4.78 is 0. The molecule has 0 N–H and O–H groups in total. The fraction of sp³-hybridized carbons (Fsp3) is 0.923. The van der Waals surface area contributed by atoms with Gasteiger partial charge in [-0.15, -0.1) is 0 Å². The molecule has 1 saturated carbocycles. The van der Waals surface area contributed by atoms with Crippen LogP contribution in [0.2, 0.25) is 5.31 Å². The quantitative estimate of drug-likeness (QED) is 0.511. The Balaban J connectivity index is 2.72. The molecule has 0 aromatic rings. The molecule has 0 spiro atoms. The number of hydrogen-bond acceptors (Lipinski definition) is 1. The van der Waals surface area contributed by atoms with Crippen molar-refractivity contribution in [1.29, 1.82) is 0 Å². The first-order valence-electron chi connectivity index (χ1n) is 6.57. The van der Waals surface area contributed by atoms with E-state index in [2.05, 4.69) is 33.6 Å². The average molecular weight is 239 g/mol. The van der Waals surface area contributed by atoms with Crippen LogP contribution in [-0.2, 0) is 0 Å². The van der Waals surface area contributed by atoms with Crippen LogP contribution in [0.25, 0.3) is 0 Å². The second kappa shape index (κ2) is 5.53. The molecule has 3 unspecified atom stereocenters. The van der Waals surface area contributed by atoms with Gasteiger partial charge in [-0.25, -0.2) is 0 Å². The highest BCUT2D eigenvalue weighted by Crippen LogP contribution is 2.40. The number of rotatable bonds is 1. The first kappa shape index (κ1) is 14.0. The molecule has 1 aliphatic carbocycles. The minimum absolute atomic E-state index is 0.508. The van der Waals surface area contributed by atoms with Gasteiger partial charge >= 0.3 is 0 Å². The maximum absolute atomic E-state index is 5.31. The summed E-state index contributed by atoms with van der Waals surface area (Å²) >= 11 is 5.31. The van der Waals surface area contributed by atoms with Crippen LogP contribution in [0.5, 0.6) is 0 Å². The van der Waals surface area contributed by atoms with E-state index < -0.39 is 0 Å². The Bertz CT molecular complexity index is 252. The normalized spacial score (nSPS) is 36.2. The van der Waals surface area contributed by atoms with Crippen molar-refractivity contribution in [3.8, 4) is 0 Å². The average Bonchev–Trinajstić information content (AvgIpc) is 2.13. The molecule has 1 nitrogen and oxygen atoms in total. The van der Waals surface area contributed by atoms with Gasteiger partial charge in [0.1, 0.15) is 7.85 Å². The molecular formula is C13H26BNS. The molecule has 0 aromatic heterocycles. The van der Waals surface area contributed by atoms with Crippen LogP contribution in [0.4, 0.5) is 0 Å². The van der Waals surface area contributed by atoms with Crippen molar-refractivity contribution in [2.45, 2.75) is 64.2 Å². The van der Waals surface area contributed by atoms with Gasteiger partial charge in [0.25, 0.3) is 0 Å². The van der Waals surface area contributed by atoms with Gasteiger partial charge in [-0.2, -0.15) is 0 Å². The van der Waals surface area contributed by atoms with Gasteiger partial charge in [0, 0.05) is 13.1 Å². The van der Waals surface area contributed by atoms with Crippen molar-refractivity contribution >= 4 is 25.1 Å². The fourth-order valence-corrected chi connectivity index (χ4v) is 3.30. The molecule has 0 amide bonds. The zero-order valence-corrected chi connectivity index (χ0v) is 12.4. The Kier molecular flexibility index (Phi) is 4.84. The van der Waals surface area contributed by atoms with Crippen LogP contribution in [0.3, 0.4) is 0 Å². The van der Waals surface area contributed by atoms with Crippen molar-refractivity contribution in [3.05, 3.63) is 0 Å². The number of thiocarbonyl (C=S) groups is 1. The van der Waals surface area contributed by atoms with Crippen LogP contribution in [-0.4, -0.2) is 30.8 Å². The van der Waals surface area contributed by atoms with Crippen molar-refractivity contribution in [3.63, 3.8) is 0 Å². The fourth-order valence-electron chi connectivity index (χ4n) is 3.16. The van der Waals surface area contributed by atoms with Crippen molar-refractivity contribution in [2.24, 2.45) is 5.92 Å². The molecule has 1 fully saturated rings. The zero-order valence-electron chi connectivity index (χ0n) is 11.5. The molecule has 16 heavy (non-hydrogen) atoms. The van der Waals surface area contributed by atoms with Gasteiger partial charge in [0.2, 0.25) is 0 Å². The Hall–Kier alpha value is -0.0451. The summed E-state index contributed by atoms with van der Waals surface area (Å²) in [5.74, 6) is 0.748. The van der Waals surface area contributed by atoms with Gasteiger partial charge in [-0.3, -0.25) is 0 Å². The van der Waals surface area contributed by atoms with Gasteiger partial charge in [0.05, 0.1) is 4.99 Å². The Morgan fingerprint density at radius 3 is 2.62 bits per heavy atom. The third-order valence-corrected chi connectivity index (χ3v) is 4.42. The van der Waals surface area contributed by atoms with E-state index in [0.717, 1.165) is 10.9 Å². The SMILES string of the molecule is BC1(C)CCCCC(N(C)C(C)=S)C(C)C1. The molecule has 3 heteroatoms. The Labute approximate surface area is 107 Å². The number of nitrogens with zero attached hydrogens (tertiary/aromatic N) is 1. The van der Waals surface area contributed by atoms with Crippen molar-refractivity contribution in [2.75, 3.05) is 7.05 Å². The molecule has 0 aliphatic heterocycles. The largest absolute Gasteiger partial charge is 0.366 e. The van der Waals surface area contributed by atoms with E-state index in [9.17, 15) is 0 Å². The molecular weight excluding hydrogens is 213 g/mol. The van der Waals surface area contributed by atoms with Gasteiger partial charge in [-0.1, -0.05) is 57.1 Å². The molecule has 3 atom stereocenters. The van der Waals surface area contributed by atoms with Crippen LogP contribution in [0.15, 0.2) is 0 Å². The topological polar surface area (TPSA) is 3.24 Å². The Morgan fingerprint density at radius 2 is 2.06 bits per heavy atom. The predicted octanol–water partition coefficient (Wildman–Crippen LogP) is 3.05. The second-order valence-electron chi connectivity index (χ2n) is 6.29. The lowest BCUT2D eigenvalue weighted by Crippen LogP contribution is -2.41. The zero-order chi connectivity index (χ0) is 12.3. The van der Waals surface area contributed by atoms with E-state index in [-0.39, 0.29) is 0 Å². The van der Waals surface area contributed by atoms with E-state index in [1.165, 1.54) is 32.1 Å². The van der Waals surface area contributed by atoms with E-state index in [1.54, 1.807) is 0 Å². The van der Waals surface area contributed by atoms with Crippen LogP contribution in [0.1, 0.15) is 52.9 Å². The predicted molar refractivity (Wildman–Crippen MR) is 79.0 cm³/mol. The molecule has 92 valence electrons. The van der Waals surface area contributed by atoms with Crippen molar-refractivity contribution in [1.82, 2.24) is 4.90 Å². The molecule has 0 heterocycles. The molecule has 1 aliphatic rings. The maximum atomic E-state index is 5.31. The summed E-state index contributed by atoms with van der Waals surface area (Å²) in [6.45, 7) is 6.86. The first-order chi connectivity index (χ1) is 7.33. The number of hydrogen-bond donors (Lipinski definition) is 0. The van der Waals surface area contributed by atoms with Crippen LogP contribution in [0, 0.1) is 5.92 Å². The lowest BCUT2D eigenvalue weighted by molar-refractivity contribution is 0.207. The summed E-state index contributed by atoms with van der Waals surface area (Å²) in [5.41, 5.74) is 0. The smallest absolute Gasteiger partial charge is 0.109 e. The summed E-state index contributed by atoms with van der Waals surface area (Å²) in [6, 6.07) is 0.650. The van der Waals surface area contributed by atoms with Crippen LogP contribution >= 0.6 is 12.2 Å². The lowest BCUT2D eigenvalue weighted by atomic mass is 9.61. The summed E-state index contributed by atoms with van der Waals surface area (Å²) in [5, 5.41) is 0.508. The highest BCUT2D eigenvalue weighted by Gasteiger charge is 2.30. The molecule has 0 bridgehead atoms. The highest BCUT2D eigenvalue weighted by molar-refractivity contribution is 7.80. The van der Waals surface area contributed by atoms with E-state index in [4.69, 9.17) is 12.2 Å². The third-order valence-electron chi connectivity index (χ3n) is 4.13. The van der Waals surface area contributed by atoms with Crippen molar-refractivity contribution < 1.29 is 0 Å². The standard InChI is InChI=1S/C13H26BNS/c1-10-9-13(3,14)8-6-5-7-12(10)15(4)11(2)16/h10,12H,5-9,14H2,1-4H3. The van der Waals surface area contributed by atoms with Crippen LogP contribution < -0.4 is 0 Å². The summed E-state index contributed by atoms with van der Waals surface area (Å²) in [6.07, 6.45) is 6.74. The monoisotopic (exact) mass is 239 g/mol. The summed E-state index contributed by atoms with van der Waals surface area (Å²) in [7, 11) is 4.58. The van der Waals surface area contributed by atoms with Gasteiger partial charge in [0.15, 0.2) is 0 Å². The minimum atomic E-state index is 0.508. The molecule has 1 rings (SSSR count). The van der Waals surface area contributed by atoms with E-state index >= 15 is 0 Å². The molecule has 0 aromatic carbocycles. The molecule has 0 radical (unpaired) electrons. The van der Waals surface area contributed by atoms with E-state index in [0.29, 0.717) is 11.4 Å². The summed E-state index contributed by atoms with van der Waals surface area (Å²) in [4.78, 5) is 3.36. The second-order valence-corrected chi connectivity index (χ2v) is 6.88. The third kappa shape index (κ3) is 3.76. The first-order valence-corrected chi connectivity index (χ1v) is 6.98. The van der Waals surface area contributed by atoms with Gasteiger partial charge < -0.3 is 4.90 Å². The lowest BCUT2D eigenvalue weighted by Gasteiger charge is -2.40.